The Morgan fingerprint density at radius 2 is 1.69 bits per heavy atom. The lowest BCUT2D eigenvalue weighted by Gasteiger charge is -2.31. The van der Waals surface area contributed by atoms with Crippen molar-refractivity contribution in [1.29, 1.82) is 0 Å². The summed E-state index contributed by atoms with van der Waals surface area (Å²) in [6, 6.07) is 20.6. The van der Waals surface area contributed by atoms with Gasteiger partial charge in [0.2, 0.25) is 5.91 Å². The van der Waals surface area contributed by atoms with E-state index in [9.17, 15) is 14.0 Å². The molecule has 3 rings (SSSR count). The van der Waals surface area contributed by atoms with Crippen LogP contribution >= 0.6 is 0 Å². The first-order chi connectivity index (χ1) is 16.9. The van der Waals surface area contributed by atoms with E-state index in [0.29, 0.717) is 24.3 Å². The molecule has 184 valence electrons. The molecule has 0 aliphatic carbocycles. The molecule has 0 spiro atoms. The van der Waals surface area contributed by atoms with Gasteiger partial charge in [-0.1, -0.05) is 61.5 Å². The van der Waals surface area contributed by atoms with Gasteiger partial charge in [0.1, 0.15) is 17.6 Å². The van der Waals surface area contributed by atoms with Crippen LogP contribution < -0.4 is 10.1 Å². The van der Waals surface area contributed by atoms with E-state index < -0.39 is 11.9 Å². The van der Waals surface area contributed by atoms with E-state index in [1.807, 2.05) is 69.3 Å². The highest BCUT2D eigenvalue weighted by molar-refractivity contribution is 5.88. The summed E-state index contributed by atoms with van der Waals surface area (Å²) in [5.74, 6) is -0.513. The highest BCUT2D eigenvalue weighted by Gasteiger charge is 2.31. The first kappa shape index (κ1) is 25.9. The van der Waals surface area contributed by atoms with Crippen LogP contribution in [0.1, 0.15) is 35.6 Å². The van der Waals surface area contributed by atoms with Gasteiger partial charge >= 0.3 is 0 Å². The van der Waals surface area contributed by atoms with Gasteiger partial charge in [-0.15, -0.1) is 0 Å². The van der Waals surface area contributed by atoms with E-state index in [0.717, 1.165) is 23.1 Å². The van der Waals surface area contributed by atoms with Crippen molar-refractivity contribution in [3.8, 4) is 5.75 Å². The quantitative estimate of drug-likeness (QED) is 0.424. The zero-order chi connectivity index (χ0) is 25.2. The summed E-state index contributed by atoms with van der Waals surface area (Å²) < 4.78 is 20.4. The average molecular weight is 477 g/mol. The number of hydrogen-bond acceptors (Lipinski definition) is 3. The maximum absolute atomic E-state index is 14.6. The van der Waals surface area contributed by atoms with Crippen molar-refractivity contribution in [3.63, 3.8) is 0 Å². The fourth-order valence-electron chi connectivity index (χ4n) is 3.76. The van der Waals surface area contributed by atoms with E-state index in [2.05, 4.69) is 5.32 Å². The van der Waals surface area contributed by atoms with Gasteiger partial charge in [0.15, 0.2) is 6.61 Å². The second-order valence-corrected chi connectivity index (χ2v) is 8.64. The summed E-state index contributed by atoms with van der Waals surface area (Å²) in [6.45, 7) is 6.13. The summed E-state index contributed by atoms with van der Waals surface area (Å²) in [5.41, 5.74) is 3.43. The average Bonchev–Trinajstić information content (AvgIpc) is 2.86. The fraction of sp³-hybridized carbons (Fsp3) is 0.310. The number of benzene rings is 3. The molecule has 2 amide bonds. The van der Waals surface area contributed by atoms with E-state index in [1.165, 1.54) is 11.0 Å². The van der Waals surface area contributed by atoms with Crippen LogP contribution in [0.5, 0.6) is 5.75 Å². The topological polar surface area (TPSA) is 58.6 Å². The van der Waals surface area contributed by atoms with Gasteiger partial charge in [-0.2, -0.15) is 0 Å². The van der Waals surface area contributed by atoms with Gasteiger partial charge in [0.25, 0.3) is 5.91 Å². The Morgan fingerprint density at radius 1 is 0.971 bits per heavy atom. The Hall–Kier alpha value is -3.67. The molecule has 1 N–H and O–H groups in total. The zero-order valence-corrected chi connectivity index (χ0v) is 20.6. The minimum atomic E-state index is -0.820. The number of halogens is 1. The molecule has 0 fully saturated rings. The highest BCUT2D eigenvalue weighted by Crippen LogP contribution is 2.19. The van der Waals surface area contributed by atoms with Crippen molar-refractivity contribution < 1.29 is 18.7 Å². The van der Waals surface area contributed by atoms with Crippen molar-refractivity contribution >= 4 is 11.8 Å². The van der Waals surface area contributed by atoms with Crippen LogP contribution in [0.2, 0.25) is 0 Å². The Kier molecular flexibility index (Phi) is 9.41. The molecule has 0 bridgehead atoms. The fourth-order valence-corrected chi connectivity index (χ4v) is 3.76. The second kappa shape index (κ2) is 12.7. The van der Waals surface area contributed by atoms with E-state index in [-0.39, 0.29) is 25.0 Å². The smallest absolute Gasteiger partial charge is 0.261 e. The first-order valence-electron chi connectivity index (χ1n) is 11.9. The van der Waals surface area contributed by atoms with Crippen LogP contribution in [0.3, 0.4) is 0 Å². The monoisotopic (exact) mass is 476 g/mol. The number of rotatable bonds is 11. The molecule has 0 unspecified atom stereocenters. The predicted molar refractivity (Wildman–Crippen MR) is 136 cm³/mol. The normalized spacial score (nSPS) is 11.5. The molecule has 3 aromatic carbocycles. The number of amides is 2. The summed E-state index contributed by atoms with van der Waals surface area (Å²) in [6.07, 6.45) is 1.07. The molecule has 0 radical (unpaired) electrons. The lowest BCUT2D eigenvalue weighted by Crippen LogP contribution is -2.52. The van der Waals surface area contributed by atoms with Crippen molar-refractivity contribution in [3.05, 3.63) is 101 Å². The molecule has 0 aromatic heterocycles. The summed E-state index contributed by atoms with van der Waals surface area (Å²) >= 11 is 0. The Bertz CT molecular complexity index is 1130. The predicted octanol–water partition coefficient (Wildman–Crippen LogP) is 4.99. The number of ether oxygens (including phenoxy) is 1. The van der Waals surface area contributed by atoms with Crippen molar-refractivity contribution in [1.82, 2.24) is 10.2 Å². The SMILES string of the molecule is CCCNC(=O)[C@H](Cc1ccccc1)N(Cc1ccccc1F)C(=O)COc1ccc(C)c(C)c1. The van der Waals surface area contributed by atoms with Crippen LogP contribution in [-0.2, 0) is 22.6 Å². The molecular formula is C29H33FN2O3. The van der Waals surface area contributed by atoms with E-state index >= 15 is 0 Å². The van der Waals surface area contributed by atoms with Crippen LogP contribution in [0, 0.1) is 19.7 Å². The number of aryl methyl sites for hydroxylation is 2. The summed E-state index contributed by atoms with van der Waals surface area (Å²) in [7, 11) is 0. The molecule has 35 heavy (non-hydrogen) atoms. The maximum atomic E-state index is 14.6. The van der Waals surface area contributed by atoms with Crippen LogP contribution in [0.4, 0.5) is 4.39 Å². The van der Waals surface area contributed by atoms with Crippen LogP contribution in [0.15, 0.2) is 72.8 Å². The van der Waals surface area contributed by atoms with Gasteiger partial charge in [-0.25, -0.2) is 4.39 Å². The lowest BCUT2D eigenvalue weighted by molar-refractivity contribution is -0.142. The van der Waals surface area contributed by atoms with Gasteiger partial charge in [-0.3, -0.25) is 9.59 Å². The first-order valence-corrected chi connectivity index (χ1v) is 11.9. The Morgan fingerprint density at radius 3 is 2.37 bits per heavy atom. The molecule has 3 aromatic rings. The lowest BCUT2D eigenvalue weighted by atomic mass is 10.0. The molecule has 1 atom stereocenters. The number of nitrogens with zero attached hydrogens (tertiary/aromatic N) is 1. The number of carbonyl (C=O) groups excluding carboxylic acids is 2. The van der Waals surface area contributed by atoms with Gasteiger partial charge in [0, 0.05) is 25.1 Å². The van der Waals surface area contributed by atoms with Crippen molar-refractivity contribution in [2.24, 2.45) is 0 Å². The van der Waals surface area contributed by atoms with Gasteiger partial charge in [-0.05, 0) is 55.2 Å². The summed E-state index contributed by atoms with van der Waals surface area (Å²) in [4.78, 5) is 28.2. The maximum Gasteiger partial charge on any atom is 0.261 e. The minimum Gasteiger partial charge on any atom is -0.484 e. The third-order valence-corrected chi connectivity index (χ3v) is 5.96. The largest absolute Gasteiger partial charge is 0.484 e. The van der Waals surface area contributed by atoms with Crippen LogP contribution in [-0.4, -0.2) is 35.9 Å². The van der Waals surface area contributed by atoms with E-state index in [1.54, 1.807) is 18.2 Å². The number of hydrogen-bond donors (Lipinski definition) is 1. The van der Waals surface area contributed by atoms with Gasteiger partial charge in [0.05, 0.1) is 0 Å². The van der Waals surface area contributed by atoms with Crippen LogP contribution in [0.25, 0.3) is 0 Å². The van der Waals surface area contributed by atoms with Crippen molar-refractivity contribution in [2.45, 2.75) is 46.2 Å². The minimum absolute atomic E-state index is 0.0428. The molecule has 0 aliphatic heterocycles. The third-order valence-electron chi connectivity index (χ3n) is 5.96. The van der Waals surface area contributed by atoms with Gasteiger partial charge < -0.3 is 15.0 Å². The third kappa shape index (κ3) is 7.41. The zero-order valence-electron chi connectivity index (χ0n) is 20.6. The Balaban J connectivity index is 1.90. The number of carbonyl (C=O) groups is 2. The Labute approximate surface area is 206 Å². The molecule has 0 saturated carbocycles. The molecular weight excluding hydrogens is 443 g/mol. The molecule has 0 aliphatic rings. The van der Waals surface area contributed by atoms with E-state index in [4.69, 9.17) is 4.74 Å². The number of nitrogens with one attached hydrogen (secondary N) is 1. The highest BCUT2D eigenvalue weighted by atomic mass is 19.1. The van der Waals surface area contributed by atoms with Crippen molar-refractivity contribution in [2.75, 3.05) is 13.2 Å². The molecule has 5 nitrogen and oxygen atoms in total. The molecule has 0 saturated heterocycles. The summed E-state index contributed by atoms with van der Waals surface area (Å²) in [5, 5.41) is 2.91. The molecule has 6 heteroatoms. The molecule has 0 heterocycles. The second-order valence-electron chi connectivity index (χ2n) is 8.64. The standard InChI is InChI=1S/C29H33FN2O3/c1-4-16-31-29(34)27(18-23-10-6-5-7-11-23)32(19-24-12-8-9-13-26(24)30)28(33)20-35-25-15-14-21(2)22(3)17-25/h5-15,17,27H,4,16,18-20H2,1-3H3,(H,31,34)/t27-/m0/s1.